The molecule has 2 N–H and O–H groups in total. The van der Waals surface area contributed by atoms with Gasteiger partial charge in [0, 0.05) is 42.1 Å². The first kappa shape index (κ1) is 33.1. The number of hydrogen-bond donors (Lipinski definition) is 2. The van der Waals surface area contributed by atoms with Gasteiger partial charge in [0.1, 0.15) is 18.0 Å². The normalized spacial score (nSPS) is 32.4. The van der Waals surface area contributed by atoms with E-state index in [-0.39, 0.29) is 35.3 Å². The molecule has 2 aromatic rings. The van der Waals surface area contributed by atoms with Gasteiger partial charge in [-0.25, -0.2) is 13.1 Å². The summed E-state index contributed by atoms with van der Waals surface area (Å²) in [5.74, 6) is 6.45. The summed E-state index contributed by atoms with van der Waals surface area (Å²) in [6.45, 7) is 5.18. The van der Waals surface area contributed by atoms with Crippen LogP contribution in [-0.2, 0) is 26.6 Å². The zero-order chi connectivity index (χ0) is 32.7. The minimum absolute atomic E-state index is 0.133. The van der Waals surface area contributed by atoms with E-state index in [2.05, 4.69) is 33.6 Å². The van der Waals surface area contributed by atoms with Crippen LogP contribution in [-0.4, -0.2) is 63.7 Å². The SMILES string of the molecule is CO[C@]1(C#CCO)CCC[C@H](C)[C@@H](C)S(=O)(=O)NC(=O)c2ccc3c(c2)N(C[C@@H]2CC[C@H]21)C[C@@]1(CCCc2cc(Cl)ccc21)CO3. The molecule has 2 bridgehead atoms. The Balaban J connectivity index is 1.46. The molecule has 2 aromatic carbocycles. The van der Waals surface area contributed by atoms with E-state index in [0.29, 0.717) is 44.7 Å². The number of aryl methyl sites for hydroxylation is 1. The zero-order valence-electron chi connectivity index (χ0n) is 27.0. The molecule has 4 aliphatic rings. The van der Waals surface area contributed by atoms with Gasteiger partial charge in [-0.05, 0) is 112 Å². The van der Waals surface area contributed by atoms with E-state index in [4.69, 9.17) is 21.1 Å². The molecule has 10 heteroatoms. The highest BCUT2D eigenvalue weighted by Gasteiger charge is 2.49. The van der Waals surface area contributed by atoms with Crippen LogP contribution in [0.5, 0.6) is 5.75 Å². The fraction of sp³-hybridized carbons (Fsp3) is 0.583. The summed E-state index contributed by atoms with van der Waals surface area (Å²) in [6.07, 6.45) is 6.85. The van der Waals surface area contributed by atoms with Crippen LogP contribution in [0, 0.1) is 29.6 Å². The number of hydrogen-bond acceptors (Lipinski definition) is 7. The van der Waals surface area contributed by atoms with Crippen molar-refractivity contribution in [3.63, 3.8) is 0 Å². The van der Waals surface area contributed by atoms with Crippen LogP contribution in [0.4, 0.5) is 5.69 Å². The number of amides is 1. The molecule has 2 aliphatic carbocycles. The average Bonchev–Trinajstić information content (AvgIpc) is 3.17. The lowest BCUT2D eigenvalue weighted by Gasteiger charge is -2.49. The first-order chi connectivity index (χ1) is 22.0. The minimum Gasteiger partial charge on any atom is -0.490 e. The Morgan fingerprint density at radius 3 is 2.70 bits per heavy atom. The Bertz CT molecular complexity index is 1650. The van der Waals surface area contributed by atoms with E-state index >= 15 is 0 Å². The molecule has 6 rings (SSSR count). The molecule has 1 fully saturated rings. The molecule has 8 nitrogen and oxygen atoms in total. The third kappa shape index (κ3) is 6.14. The topological polar surface area (TPSA) is 105 Å². The summed E-state index contributed by atoms with van der Waals surface area (Å²) in [6, 6.07) is 11.4. The number of nitrogens with one attached hydrogen (secondary N) is 1. The Hall–Kier alpha value is -2.77. The summed E-state index contributed by atoms with van der Waals surface area (Å²) in [7, 11) is -2.24. The molecule has 46 heavy (non-hydrogen) atoms. The van der Waals surface area contributed by atoms with Gasteiger partial charge in [0.15, 0.2) is 0 Å². The van der Waals surface area contributed by atoms with Gasteiger partial charge in [-0.15, -0.1) is 0 Å². The van der Waals surface area contributed by atoms with Crippen LogP contribution >= 0.6 is 11.6 Å². The number of carbonyl (C=O) groups is 1. The van der Waals surface area contributed by atoms with Gasteiger partial charge in [0.05, 0.1) is 17.5 Å². The van der Waals surface area contributed by atoms with E-state index in [0.717, 1.165) is 42.8 Å². The summed E-state index contributed by atoms with van der Waals surface area (Å²) in [4.78, 5) is 15.8. The van der Waals surface area contributed by atoms with Gasteiger partial charge in [0.25, 0.3) is 5.91 Å². The predicted octanol–water partition coefficient (Wildman–Crippen LogP) is 5.49. The molecule has 1 saturated carbocycles. The van der Waals surface area contributed by atoms with Gasteiger partial charge < -0.3 is 19.5 Å². The number of aliphatic hydroxyl groups is 1. The molecular weight excluding hydrogens is 624 g/mol. The predicted molar refractivity (Wildman–Crippen MR) is 180 cm³/mol. The second-order valence-corrected chi connectivity index (χ2v) is 16.3. The number of methoxy groups -OCH3 is 1. The van der Waals surface area contributed by atoms with Crippen molar-refractivity contribution in [3.05, 3.63) is 58.1 Å². The van der Waals surface area contributed by atoms with Crippen LogP contribution < -0.4 is 14.4 Å². The monoisotopic (exact) mass is 668 g/mol. The summed E-state index contributed by atoms with van der Waals surface area (Å²) in [5, 5.41) is 9.62. The zero-order valence-corrected chi connectivity index (χ0v) is 28.6. The summed E-state index contributed by atoms with van der Waals surface area (Å²) < 4.78 is 42.0. The maximum atomic E-state index is 13.5. The number of sulfonamides is 1. The fourth-order valence-electron chi connectivity index (χ4n) is 8.28. The second kappa shape index (κ2) is 13.0. The second-order valence-electron chi connectivity index (χ2n) is 13.8. The average molecular weight is 669 g/mol. The Kier molecular flexibility index (Phi) is 9.39. The van der Waals surface area contributed by atoms with Crippen molar-refractivity contribution in [1.29, 1.82) is 0 Å². The van der Waals surface area contributed by atoms with Gasteiger partial charge in [0.2, 0.25) is 10.0 Å². The maximum Gasteiger partial charge on any atom is 0.264 e. The van der Waals surface area contributed by atoms with Crippen molar-refractivity contribution in [3.8, 4) is 17.6 Å². The first-order valence-electron chi connectivity index (χ1n) is 16.5. The van der Waals surface area contributed by atoms with E-state index in [9.17, 15) is 18.3 Å². The lowest BCUT2D eigenvalue weighted by Crippen LogP contribution is -2.53. The van der Waals surface area contributed by atoms with Crippen LogP contribution in [0.1, 0.15) is 80.3 Å². The van der Waals surface area contributed by atoms with Crippen molar-refractivity contribution in [2.24, 2.45) is 17.8 Å². The lowest BCUT2D eigenvalue weighted by atomic mass is 9.63. The first-order valence-corrected chi connectivity index (χ1v) is 18.5. The number of benzene rings is 2. The number of aliphatic hydroxyl groups excluding tert-OH is 1. The van der Waals surface area contributed by atoms with E-state index in [1.165, 1.54) is 11.1 Å². The standard InChI is InChI=1S/C36H45ClN2O6S/c1-24-7-4-16-36(44-3,17-6-18-40)31-12-9-28(31)21-39-22-35(15-5-8-26-19-29(37)11-13-30(26)35)23-45-33-14-10-27(20-32(33)39)34(41)38-46(42,43)25(24)2/h10-11,13-14,19-20,24-25,28,31,40H,4-5,7-9,12,15-16,18,21-23H2,1-3H3,(H,38,41)/t24-,25+,28-,31+,35-,36-/m0/s1. The van der Waals surface area contributed by atoms with Crippen LogP contribution in [0.25, 0.3) is 0 Å². The molecule has 0 aromatic heterocycles. The number of ether oxygens (including phenoxy) is 2. The molecule has 1 spiro atoms. The third-order valence-electron chi connectivity index (χ3n) is 11.2. The number of halogens is 1. The van der Waals surface area contributed by atoms with E-state index < -0.39 is 26.8 Å². The highest BCUT2D eigenvalue weighted by Crippen LogP contribution is 2.49. The number of anilines is 1. The van der Waals surface area contributed by atoms with Gasteiger partial charge in [-0.1, -0.05) is 36.4 Å². The van der Waals surface area contributed by atoms with Crippen molar-refractivity contribution in [2.75, 3.05) is 38.3 Å². The molecular formula is C36H45ClN2O6S. The van der Waals surface area contributed by atoms with Crippen molar-refractivity contribution >= 4 is 33.2 Å². The molecule has 2 heterocycles. The van der Waals surface area contributed by atoms with Crippen LogP contribution in [0.3, 0.4) is 0 Å². The van der Waals surface area contributed by atoms with Crippen molar-refractivity contribution in [2.45, 2.75) is 81.5 Å². The number of fused-ring (bicyclic) bond motifs is 4. The highest BCUT2D eigenvalue weighted by atomic mass is 35.5. The van der Waals surface area contributed by atoms with Crippen LogP contribution in [0.15, 0.2) is 36.4 Å². The minimum atomic E-state index is -3.94. The number of nitrogens with zero attached hydrogens (tertiary/aromatic N) is 1. The molecule has 0 saturated heterocycles. The van der Waals surface area contributed by atoms with E-state index in [1.807, 2.05) is 13.0 Å². The molecule has 248 valence electrons. The Morgan fingerprint density at radius 2 is 1.96 bits per heavy atom. The summed E-state index contributed by atoms with van der Waals surface area (Å²) >= 11 is 6.43. The molecule has 2 aliphatic heterocycles. The molecule has 0 unspecified atom stereocenters. The smallest absolute Gasteiger partial charge is 0.264 e. The Labute approximate surface area is 278 Å². The Morgan fingerprint density at radius 1 is 1.13 bits per heavy atom. The molecule has 0 radical (unpaired) electrons. The van der Waals surface area contributed by atoms with Gasteiger partial charge in [-0.2, -0.15) is 0 Å². The quantitative estimate of drug-likeness (QED) is 0.388. The number of carbonyl (C=O) groups excluding carboxylic acids is 1. The van der Waals surface area contributed by atoms with Crippen molar-refractivity contribution < 1.29 is 27.8 Å². The summed E-state index contributed by atoms with van der Waals surface area (Å²) in [5.41, 5.74) is 2.52. The van der Waals surface area contributed by atoms with Crippen molar-refractivity contribution in [1.82, 2.24) is 4.72 Å². The van der Waals surface area contributed by atoms with Gasteiger partial charge in [-0.3, -0.25) is 4.79 Å². The van der Waals surface area contributed by atoms with Crippen LogP contribution in [0.2, 0.25) is 5.02 Å². The molecule has 6 atom stereocenters. The number of rotatable bonds is 1. The third-order valence-corrected chi connectivity index (χ3v) is 13.4. The largest absolute Gasteiger partial charge is 0.490 e. The fourth-order valence-corrected chi connectivity index (χ4v) is 9.79. The highest BCUT2D eigenvalue weighted by molar-refractivity contribution is 7.90. The van der Waals surface area contributed by atoms with E-state index in [1.54, 1.807) is 32.2 Å². The lowest BCUT2D eigenvalue weighted by molar-refractivity contribution is -0.0743. The maximum absolute atomic E-state index is 13.5. The molecule has 1 amide bonds. The van der Waals surface area contributed by atoms with Gasteiger partial charge >= 0.3 is 0 Å².